The summed E-state index contributed by atoms with van der Waals surface area (Å²) in [5.74, 6) is 0. The molecule has 1 N–H and O–H groups in total. The van der Waals surface area contributed by atoms with E-state index < -0.39 is 0 Å². The molecule has 1 aliphatic rings. The van der Waals surface area contributed by atoms with E-state index in [-0.39, 0.29) is 0 Å². The van der Waals surface area contributed by atoms with Crippen molar-refractivity contribution in [2.24, 2.45) is 0 Å². The number of anilines is 1. The van der Waals surface area contributed by atoms with E-state index in [1.807, 2.05) is 18.2 Å². The highest BCUT2D eigenvalue weighted by Crippen LogP contribution is 2.27. The Morgan fingerprint density at radius 1 is 1.30 bits per heavy atom. The topological polar surface area (TPSA) is 34.1 Å². The number of halogens is 1. The lowest BCUT2D eigenvalue weighted by Crippen LogP contribution is -2.20. The molecule has 20 heavy (non-hydrogen) atoms. The average molecular weight is 311 g/mol. The molecule has 0 amide bonds. The van der Waals surface area contributed by atoms with Crippen LogP contribution in [0.15, 0.2) is 18.2 Å². The fourth-order valence-corrected chi connectivity index (χ4v) is 3.63. The van der Waals surface area contributed by atoms with Crippen molar-refractivity contribution in [1.82, 2.24) is 4.98 Å². The van der Waals surface area contributed by atoms with Crippen molar-refractivity contribution >= 4 is 38.3 Å². The van der Waals surface area contributed by atoms with Crippen LogP contribution < -0.4 is 5.32 Å². The lowest BCUT2D eigenvalue weighted by atomic mass is 9.98. The van der Waals surface area contributed by atoms with E-state index in [4.69, 9.17) is 16.3 Å². The van der Waals surface area contributed by atoms with Gasteiger partial charge in [0, 0.05) is 11.6 Å². The molecule has 1 fully saturated rings. The summed E-state index contributed by atoms with van der Waals surface area (Å²) in [5.41, 5.74) is 0.957. The summed E-state index contributed by atoms with van der Waals surface area (Å²) in [6.45, 7) is 1.56. The highest BCUT2D eigenvalue weighted by atomic mass is 35.5. The van der Waals surface area contributed by atoms with Crippen molar-refractivity contribution in [3.8, 4) is 0 Å². The molecule has 0 bridgehead atoms. The predicted molar refractivity (Wildman–Crippen MR) is 85.9 cm³/mol. The van der Waals surface area contributed by atoms with Gasteiger partial charge in [-0.15, -0.1) is 0 Å². The van der Waals surface area contributed by atoms with E-state index in [2.05, 4.69) is 10.3 Å². The maximum atomic E-state index is 5.96. The second-order valence-electron chi connectivity index (χ2n) is 5.19. The second-order valence-corrected chi connectivity index (χ2v) is 6.66. The molecule has 0 unspecified atom stereocenters. The zero-order chi connectivity index (χ0) is 13.8. The third kappa shape index (κ3) is 3.62. The smallest absolute Gasteiger partial charge is 0.183 e. The number of fused-ring (bicyclic) bond motifs is 1. The number of nitrogens with one attached hydrogen (secondary N) is 1. The van der Waals surface area contributed by atoms with Crippen molar-refractivity contribution in [3.63, 3.8) is 0 Å². The molecule has 0 atom stereocenters. The minimum absolute atomic E-state index is 0.472. The first-order chi connectivity index (χ1) is 9.81. The Morgan fingerprint density at radius 3 is 3.00 bits per heavy atom. The highest BCUT2D eigenvalue weighted by molar-refractivity contribution is 7.22. The van der Waals surface area contributed by atoms with Crippen molar-refractivity contribution in [2.45, 2.75) is 38.2 Å². The number of aromatic nitrogens is 1. The molecule has 1 aromatic heterocycles. The van der Waals surface area contributed by atoms with Gasteiger partial charge < -0.3 is 10.1 Å². The molecule has 0 aliphatic heterocycles. The predicted octanol–water partition coefficient (Wildman–Crippen LogP) is 4.71. The summed E-state index contributed by atoms with van der Waals surface area (Å²) in [5, 5.41) is 5.00. The molecule has 2 aromatic rings. The zero-order valence-corrected chi connectivity index (χ0v) is 13.0. The number of benzene rings is 1. The van der Waals surface area contributed by atoms with E-state index in [1.54, 1.807) is 11.3 Å². The van der Waals surface area contributed by atoms with Crippen molar-refractivity contribution in [2.75, 3.05) is 18.5 Å². The molecule has 1 aromatic carbocycles. The first kappa shape index (κ1) is 14.1. The zero-order valence-electron chi connectivity index (χ0n) is 11.4. The van der Waals surface area contributed by atoms with Crippen LogP contribution in [0.5, 0.6) is 0 Å². The Kier molecular flexibility index (Phi) is 4.76. The molecule has 108 valence electrons. The fourth-order valence-electron chi connectivity index (χ4n) is 2.59. The lowest BCUT2D eigenvalue weighted by molar-refractivity contribution is 0.0347. The van der Waals surface area contributed by atoms with Crippen molar-refractivity contribution in [1.29, 1.82) is 0 Å². The van der Waals surface area contributed by atoms with E-state index in [0.29, 0.717) is 6.10 Å². The number of thiazole rings is 1. The van der Waals surface area contributed by atoms with Crippen molar-refractivity contribution < 1.29 is 4.74 Å². The Balaban J connectivity index is 1.47. The normalized spacial score (nSPS) is 16.6. The Morgan fingerprint density at radius 2 is 2.15 bits per heavy atom. The number of ether oxygens (including phenoxy) is 1. The van der Waals surface area contributed by atoms with Gasteiger partial charge in [-0.2, -0.15) is 0 Å². The second kappa shape index (κ2) is 6.74. The van der Waals surface area contributed by atoms with Gasteiger partial charge in [0.25, 0.3) is 0 Å². The Hall–Kier alpha value is -0.840. The maximum Gasteiger partial charge on any atom is 0.183 e. The molecule has 1 heterocycles. The molecule has 1 saturated carbocycles. The number of nitrogens with zero attached hydrogens (tertiary/aromatic N) is 1. The third-order valence-corrected chi connectivity index (χ3v) is 4.86. The summed E-state index contributed by atoms with van der Waals surface area (Å²) in [4.78, 5) is 4.53. The Bertz CT molecular complexity index is 566. The molecule has 3 nitrogen and oxygen atoms in total. The van der Waals surface area contributed by atoms with Gasteiger partial charge in [0.15, 0.2) is 5.13 Å². The highest BCUT2D eigenvalue weighted by Gasteiger charge is 2.13. The SMILES string of the molecule is Clc1ccc2sc(NCCOC3CCCCC3)nc2c1. The number of rotatable bonds is 5. The summed E-state index contributed by atoms with van der Waals surface area (Å²) < 4.78 is 7.05. The van der Waals surface area contributed by atoms with E-state index in [1.165, 1.54) is 32.1 Å². The summed E-state index contributed by atoms with van der Waals surface area (Å²) in [7, 11) is 0. The average Bonchev–Trinajstić information content (AvgIpc) is 2.86. The van der Waals surface area contributed by atoms with Gasteiger partial charge in [0.05, 0.1) is 22.9 Å². The first-order valence-corrected chi connectivity index (χ1v) is 8.42. The quantitative estimate of drug-likeness (QED) is 0.812. The molecule has 0 radical (unpaired) electrons. The van der Waals surface area contributed by atoms with Crippen LogP contribution in [0.25, 0.3) is 10.2 Å². The standard InChI is InChI=1S/C15H19ClN2OS/c16-11-6-7-14-13(10-11)18-15(20-14)17-8-9-19-12-4-2-1-3-5-12/h6-7,10,12H,1-5,8-9H2,(H,17,18). The number of hydrogen-bond donors (Lipinski definition) is 1. The van der Waals surface area contributed by atoms with Gasteiger partial charge in [0.2, 0.25) is 0 Å². The van der Waals surface area contributed by atoms with Gasteiger partial charge in [-0.1, -0.05) is 42.2 Å². The summed E-state index contributed by atoms with van der Waals surface area (Å²) in [6.07, 6.45) is 6.92. The lowest BCUT2D eigenvalue weighted by Gasteiger charge is -2.21. The maximum absolute atomic E-state index is 5.96. The van der Waals surface area contributed by atoms with E-state index >= 15 is 0 Å². The van der Waals surface area contributed by atoms with Gasteiger partial charge in [-0.05, 0) is 31.0 Å². The molecule has 0 saturated heterocycles. The van der Waals surface area contributed by atoms with Crippen LogP contribution in [0.4, 0.5) is 5.13 Å². The van der Waals surface area contributed by atoms with Crippen LogP contribution in [-0.2, 0) is 4.74 Å². The van der Waals surface area contributed by atoms with Crippen LogP contribution in [0.3, 0.4) is 0 Å². The largest absolute Gasteiger partial charge is 0.376 e. The van der Waals surface area contributed by atoms with Crippen molar-refractivity contribution in [3.05, 3.63) is 23.2 Å². The Labute approximate surface area is 128 Å². The first-order valence-electron chi connectivity index (χ1n) is 7.23. The third-order valence-electron chi connectivity index (χ3n) is 3.63. The van der Waals surface area contributed by atoms with Gasteiger partial charge >= 0.3 is 0 Å². The molecular formula is C15H19ClN2OS. The van der Waals surface area contributed by atoms with Crippen LogP contribution in [0.2, 0.25) is 5.02 Å². The minimum Gasteiger partial charge on any atom is -0.376 e. The van der Waals surface area contributed by atoms with Gasteiger partial charge in [-0.3, -0.25) is 0 Å². The fraction of sp³-hybridized carbons (Fsp3) is 0.533. The van der Waals surface area contributed by atoms with Crippen LogP contribution in [0.1, 0.15) is 32.1 Å². The summed E-state index contributed by atoms with van der Waals surface area (Å²) in [6, 6.07) is 5.81. The molecule has 5 heteroatoms. The van der Waals surface area contributed by atoms with Gasteiger partial charge in [0.1, 0.15) is 0 Å². The molecule has 1 aliphatic carbocycles. The van der Waals surface area contributed by atoms with E-state index in [9.17, 15) is 0 Å². The molecular weight excluding hydrogens is 292 g/mol. The van der Waals surface area contributed by atoms with E-state index in [0.717, 1.165) is 33.5 Å². The molecule has 3 rings (SSSR count). The van der Waals surface area contributed by atoms with Crippen LogP contribution in [-0.4, -0.2) is 24.2 Å². The minimum atomic E-state index is 0.472. The van der Waals surface area contributed by atoms with Gasteiger partial charge in [-0.25, -0.2) is 4.98 Å². The monoisotopic (exact) mass is 310 g/mol. The van der Waals surface area contributed by atoms with Crippen LogP contribution >= 0.6 is 22.9 Å². The number of hydrogen-bond acceptors (Lipinski definition) is 4. The summed E-state index contributed by atoms with van der Waals surface area (Å²) >= 11 is 7.62. The molecule has 0 spiro atoms. The van der Waals surface area contributed by atoms with Crippen LogP contribution in [0, 0.1) is 0 Å².